The van der Waals surface area contributed by atoms with E-state index in [2.05, 4.69) is 70.3 Å². The van der Waals surface area contributed by atoms with Crippen LogP contribution in [0.5, 0.6) is 0 Å². The highest BCUT2D eigenvalue weighted by Crippen LogP contribution is 2.46. The third-order valence-electron chi connectivity index (χ3n) is 4.41. The second-order valence-electron chi connectivity index (χ2n) is 6.59. The minimum absolute atomic E-state index is 0.219. The van der Waals surface area contributed by atoms with E-state index in [1.165, 1.54) is 0 Å². The number of hydrogen-bond donors (Lipinski definition) is 0. The summed E-state index contributed by atoms with van der Waals surface area (Å²) in [4.78, 5) is 12.6. The summed E-state index contributed by atoms with van der Waals surface area (Å²) in [6.45, 7) is 16.0. The summed E-state index contributed by atoms with van der Waals surface area (Å²) < 4.78 is 0.219. The average Bonchev–Trinajstić information content (AvgIpc) is 2.16. The topological polar surface area (TPSA) is 17.1 Å². The first-order valence-electron chi connectivity index (χ1n) is 6.77. The maximum atomic E-state index is 12.6. The SMILES string of the molecule is CCC[C@@H](I)C(=O)[C@@H](CC)[Si](C)(C)C(C)(C)C. The summed E-state index contributed by atoms with van der Waals surface area (Å²) in [5.41, 5.74) is 0.316. The molecule has 0 aromatic carbocycles. The first kappa shape index (κ1) is 17.6. The van der Waals surface area contributed by atoms with Crippen LogP contribution in [-0.4, -0.2) is 17.8 Å². The maximum absolute atomic E-state index is 12.6. The molecule has 0 radical (unpaired) electrons. The second-order valence-corrected chi connectivity index (χ2v) is 13.7. The predicted molar refractivity (Wildman–Crippen MR) is 89.0 cm³/mol. The lowest BCUT2D eigenvalue weighted by Gasteiger charge is -2.43. The summed E-state index contributed by atoms with van der Waals surface area (Å²) in [6, 6.07) is 0. The Morgan fingerprint density at radius 3 is 2.00 bits per heavy atom. The van der Waals surface area contributed by atoms with Crippen LogP contribution >= 0.6 is 22.6 Å². The molecule has 0 bridgehead atoms. The van der Waals surface area contributed by atoms with Crippen LogP contribution in [0.2, 0.25) is 23.7 Å². The number of carbonyl (C=O) groups excluding carboxylic acids is 1. The van der Waals surface area contributed by atoms with E-state index in [1.54, 1.807) is 0 Å². The van der Waals surface area contributed by atoms with Gasteiger partial charge < -0.3 is 0 Å². The predicted octanol–water partition coefficient (Wildman–Crippen LogP) is 5.45. The van der Waals surface area contributed by atoms with Crippen molar-refractivity contribution in [2.24, 2.45) is 0 Å². The van der Waals surface area contributed by atoms with Gasteiger partial charge in [0.05, 0.1) is 12.0 Å². The molecule has 17 heavy (non-hydrogen) atoms. The van der Waals surface area contributed by atoms with Gasteiger partial charge in [0.1, 0.15) is 5.78 Å². The van der Waals surface area contributed by atoms with Crippen LogP contribution < -0.4 is 0 Å². The summed E-state index contributed by atoms with van der Waals surface area (Å²) >= 11 is 2.35. The molecule has 0 aliphatic carbocycles. The minimum atomic E-state index is -1.54. The fourth-order valence-electron chi connectivity index (χ4n) is 2.20. The van der Waals surface area contributed by atoms with Crippen molar-refractivity contribution in [2.75, 3.05) is 0 Å². The fraction of sp³-hybridized carbons (Fsp3) is 0.929. The highest BCUT2D eigenvalue weighted by atomic mass is 127. The van der Waals surface area contributed by atoms with Crippen molar-refractivity contribution >= 4 is 36.4 Å². The van der Waals surface area contributed by atoms with Crippen molar-refractivity contribution < 1.29 is 4.79 Å². The van der Waals surface area contributed by atoms with Gasteiger partial charge in [-0.25, -0.2) is 0 Å². The van der Waals surface area contributed by atoms with E-state index in [1.807, 2.05) is 0 Å². The van der Waals surface area contributed by atoms with Crippen LogP contribution in [0.1, 0.15) is 53.9 Å². The molecular weight excluding hydrogens is 339 g/mol. The molecule has 0 aliphatic heterocycles. The van der Waals surface area contributed by atoms with E-state index in [0.717, 1.165) is 19.3 Å². The van der Waals surface area contributed by atoms with Gasteiger partial charge in [-0.2, -0.15) is 0 Å². The molecule has 0 heterocycles. The minimum Gasteiger partial charge on any atom is -0.299 e. The summed E-state index contributed by atoms with van der Waals surface area (Å²) in [5.74, 6) is 0.515. The average molecular weight is 368 g/mol. The molecular formula is C14H29IOSi. The molecule has 0 unspecified atom stereocenters. The number of ketones is 1. The lowest BCUT2D eigenvalue weighted by Crippen LogP contribution is -2.46. The molecule has 0 saturated heterocycles. The summed E-state index contributed by atoms with van der Waals surface area (Å²) in [5, 5.41) is 0.298. The van der Waals surface area contributed by atoms with Gasteiger partial charge in [-0.05, 0) is 17.9 Å². The highest BCUT2D eigenvalue weighted by molar-refractivity contribution is 14.1. The van der Waals surface area contributed by atoms with Gasteiger partial charge in [0.15, 0.2) is 0 Å². The number of hydrogen-bond acceptors (Lipinski definition) is 1. The number of Topliss-reactive ketones (excluding diaryl/α,β-unsaturated/α-hetero) is 1. The molecule has 0 amide bonds. The molecule has 0 fully saturated rings. The number of halogens is 1. The normalized spacial score (nSPS) is 16.7. The van der Waals surface area contributed by atoms with E-state index in [0.29, 0.717) is 16.4 Å². The van der Waals surface area contributed by atoms with Gasteiger partial charge in [-0.15, -0.1) is 0 Å². The Labute approximate surface area is 122 Å². The molecule has 0 aromatic heterocycles. The van der Waals surface area contributed by atoms with E-state index in [9.17, 15) is 4.79 Å². The molecule has 0 aliphatic rings. The Balaban J connectivity index is 5.02. The molecule has 0 saturated carbocycles. The van der Waals surface area contributed by atoms with E-state index in [4.69, 9.17) is 0 Å². The Hall–Kier alpha value is 0.617. The number of carbonyl (C=O) groups is 1. The zero-order valence-corrected chi connectivity index (χ0v) is 15.7. The Morgan fingerprint density at radius 1 is 1.24 bits per heavy atom. The van der Waals surface area contributed by atoms with Gasteiger partial charge in [0, 0.05) is 5.54 Å². The van der Waals surface area contributed by atoms with Crippen LogP contribution in [0.3, 0.4) is 0 Å². The van der Waals surface area contributed by atoms with Crippen molar-refractivity contribution in [1.29, 1.82) is 0 Å². The van der Waals surface area contributed by atoms with Crippen LogP contribution in [0.15, 0.2) is 0 Å². The molecule has 0 N–H and O–H groups in total. The molecule has 2 atom stereocenters. The second kappa shape index (κ2) is 6.69. The van der Waals surface area contributed by atoms with Crippen molar-refractivity contribution in [2.45, 2.75) is 81.5 Å². The van der Waals surface area contributed by atoms with Crippen molar-refractivity contribution in [3.8, 4) is 0 Å². The van der Waals surface area contributed by atoms with Crippen LogP contribution in [0.25, 0.3) is 0 Å². The van der Waals surface area contributed by atoms with E-state index in [-0.39, 0.29) is 3.92 Å². The Bertz CT molecular complexity index is 255. The third kappa shape index (κ3) is 4.34. The zero-order valence-electron chi connectivity index (χ0n) is 12.6. The highest BCUT2D eigenvalue weighted by Gasteiger charge is 2.45. The molecule has 0 rings (SSSR count). The zero-order chi connectivity index (χ0) is 13.9. The first-order valence-corrected chi connectivity index (χ1v) is 11.1. The number of rotatable bonds is 6. The lowest BCUT2D eigenvalue weighted by atomic mass is 10.1. The van der Waals surface area contributed by atoms with Crippen molar-refractivity contribution in [3.05, 3.63) is 0 Å². The molecule has 0 aromatic rings. The summed E-state index contributed by atoms with van der Waals surface area (Å²) in [6.07, 6.45) is 3.15. The van der Waals surface area contributed by atoms with Gasteiger partial charge in [0.2, 0.25) is 0 Å². The Morgan fingerprint density at radius 2 is 1.71 bits per heavy atom. The fourth-order valence-corrected chi connectivity index (χ4v) is 6.58. The number of alkyl halides is 1. The van der Waals surface area contributed by atoms with Crippen LogP contribution in [-0.2, 0) is 4.79 Å². The van der Waals surface area contributed by atoms with Gasteiger partial charge >= 0.3 is 0 Å². The van der Waals surface area contributed by atoms with Crippen molar-refractivity contribution in [1.82, 2.24) is 0 Å². The largest absolute Gasteiger partial charge is 0.299 e. The quantitative estimate of drug-likeness (QED) is 0.346. The Kier molecular flexibility index (Phi) is 6.93. The maximum Gasteiger partial charge on any atom is 0.146 e. The summed E-state index contributed by atoms with van der Waals surface area (Å²) in [7, 11) is -1.54. The van der Waals surface area contributed by atoms with E-state index < -0.39 is 8.07 Å². The van der Waals surface area contributed by atoms with E-state index >= 15 is 0 Å². The molecule has 102 valence electrons. The van der Waals surface area contributed by atoms with Crippen molar-refractivity contribution in [3.63, 3.8) is 0 Å². The molecule has 3 heteroatoms. The van der Waals surface area contributed by atoms with Gasteiger partial charge in [0.25, 0.3) is 0 Å². The standard InChI is InChI=1S/C14H29IOSi/c1-8-10-11(15)13(16)12(9-2)17(6,7)14(3,4)5/h11-12H,8-10H2,1-7H3/t11-,12-/m1/s1. The van der Waals surface area contributed by atoms with Crippen LogP contribution in [0.4, 0.5) is 0 Å². The van der Waals surface area contributed by atoms with Gasteiger partial charge in [-0.1, -0.05) is 76.7 Å². The smallest absolute Gasteiger partial charge is 0.146 e. The molecule has 1 nitrogen and oxygen atoms in total. The molecule has 0 spiro atoms. The van der Waals surface area contributed by atoms with Gasteiger partial charge in [-0.3, -0.25) is 4.79 Å². The monoisotopic (exact) mass is 368 g/mol. The lowest BCUT2D eigenvalue weighted by molar-refractivity contribution is -0.118. The van der Waals surface area contributed by atoms with Crippen LogP contribution in [0, 0.1) is 0 Å². The third-order valence-corrected chi connectivity index (χ3v) is 11.9. The first-order chi connectivity index (χ1) is 7.59.